The zero-order chi connectivity index (χ0) is 15.6. The minimum atomic E-state index is 0.984. The molecule has 5 heteroatoms. The van der Waals surface area contributed by atoms with E-state index >= 15 is 0 Å². The molecule has 4 rings (SSSR count). The quantitative estimate of drug-likeness (QED) is 0.790. The predicted molar refractivity (Wildman–Crippen MR) is 92.9 cm³/mol. The van der Waals surface area contributed by atoms with Crippen molar-refractivity contribution in [2.24, 2.45) is 0 Å². The summed E-state index contributed by atoms with van der Waals surface area (Å²) in [5.74, 6) is 1.03. The molecule has 0 bridgehead atoms. The summed E-state index contributed by atoms with van der Waals surface area (Å²) in [7, 11) is 0. The maximum absolute atomic E-state index is 4.73. The number of fused-ring (bicyclic) bond motifs is 1. The summed E-state index contributed by atoms with van der Waals surface area (Å²) in [6, 6.07) is 10.6. The number of hydrogen-bond acceptors (Lipinski definition) is 4. The predicted octanol–water partition coefficient (Wildman–Crippen LogP) is 2.50. The van der Waals surface area contributed by atoms with Gasteiger partial charge in [0, 0.05) is 37.6 Å². The molecular formula is C18H21N5. The van der Waals surface area contributed by atoms with Gasteiger partial charge < -0.3 is 10.2 Å². The summed E-state index contributed by atoms with van der Waals surface area (Å²) in [4.78, 5) is 6.99. The Kier molecular flexibility index (Phi) is 3.71. The second-order valence-electron chi connectivity index (χ2n) is 6.07. The van der Waals surface area contributed by atoms with Crippen molar-refractivity contribution in [3.63, 3.8) is 0 Å². The van der Waals surface area contributed by atoms with E-state index < -0.39 is 0 Å². The Balaban J connectivity index is 1.76. The molecule has 1 N–H and O–H groups in total. The van der Waals surface area contributed by atoms with Crippen LogP contribution < -0.4 is 10.2 Å². The highest BCUT2D eigenvalue weighted by Crippen LogP contribution is 2.25. The van der Waals surface area contributed by atoms with Crippen LogP contribution in [0.2, 0.25) is 0 Å². The van der Waals surface area contributed by atoms with Crippen molar-refractivity contribution in [2.45, 2.75) is 13.3 Å². The molecule has 0 spiro atoms. The molecule has 1 aliphatic heterocycles. The third-order valence-electron chi connectivity index (χ3n) is 4.36. The molecule has 0 aliphatic carbocycles. The fourth-order valence-corrected chi connectivity index (χ4v) is 3.07. The Bertz CT molecular complexity index is 798. The molecule has 1 aromatic carbocycles. The Morgan fingerprint density at radius 1 is 1.09 bits per heavy atom. The second kappa shape index (κ2) is 6.01. The van der Waals surface area contributed by atoms with Crippen LogP contribution in [0.3, 0.4) is 0 Å². The summed E-state index contributed by atoms with van der Waals surface area (Å²) in [5.41, 5.74) is 4.47. The van der Waals surface area contributed by atoms with Gasteiger partial charge in [-0.3, -0.25) is 0 Å². The monoisotopic (exact) mass is 307 g/mol. The molecular weight excluding hydrogens is 286 g/mol. The van der Waals surface area contributed by atoms with Crippen molar-refractivity contribution in [3.05, 3.63) is 48.3 Å². The molecule has 1 fully saturated rings. The first-order chi connectivity index (χ1) is 11.3. The molecule has 0 atom stereocenters. The Morgan fingerprint density at radius 3 is 2.83 bits per heavy atom. The van der Waals surface area contributed by atoms with Crippen LogP contribution in [-0.4, -0.2) is 40.8 Å². The molecule has 0 unspecified atom stereocenters. The maximum Gasteiger partial charge on any atom is 0.154 e. The average Bonchev–Trinajstić information content (AvgIpc) is 2.83. The lowest BCUT2D eigenvalue weighted by Gasteiger charge is -2.21. The first-order valence-electron chi connectivity index (χ1n) is 8.18. The third-order valence-corrected chi connectivity index (χ3v) is 4.36. The van der Waals surface area contributed by atoms with Crippen LogP contribution in [0.25, 0.3) is 16.8 Å². The molecule has 5 nitrogen and oxygen atoms in total. The zero-order valence-corrected chi connectivity index (χ0v) is 13.4. The number of anilines is 1. The van der Waals surface area contributed by atoms with Gasteiger partial charge in [-0.05, 0) is 26.0 Å². The van der Waals surface area contributed by atoms with E-state index in [4.69, 9.17) is 5.10 Å². The molecule has 3 aromatic rings. The van der Waals surface area contributed by atoms with E-state index in [1.54, 1.807) is 0 Å². The van der Waals surface area contributed by atoms with Crippen molar-refractivity contribution in [2.75, 3.05) is 31.1 Å². The van der Waals surface area contributed by atoms with Gasteiger partial charge in [-0.1, -0.05) is 29.8 Å². The van der Waals surface area contributed by atoms with E-state index in [-0.39, 0.29) is 0 Å². The zero-order valence-electron chi connectivity index (χ0n) is 13.4. The summed E-state index contributed by atoms with van der Waals surface area (Å²) in [5, 5.41) is 8.17. The van der Waals surface area contributed by atoms with Crippen LogP contribution in [0.4, 0.5) is 5.82 Å². The number of aryl methyl sites for hydroxylation is 1. The number of aromatic nitrogens is 3. The van der Waals surface area contributed by atoms with E-state index in [0.29, 0.717) is 0 Å². The molecule has 2 aromatic heterocycles. The van der Waals surface area contributed by atoms with Gasteiger partial charge in [-0.15, -0.1) is 0 Å². The Hall–Kier alpha value is -2.40. The minimum Gasteiger partial charge on any atom is -0.354 e. The van der Waals surface area contributed by atoms with Gasteiger partial charge in [0.05, 0.1) is 5.69 Å². The lowest BCUT2D eigenvalue weighted by molar-refractivity contribution is 0.724. The van der Waals surface area contributed by atoms with Crippen LogP contribution in [0.15, 0.2) is 42.7 Å². The van der Waals surface area contributed by atoms with E-state index in [2.05, 4.69) is 52.5 Å². The average molecular weight is 307 g/mol. The van der Waals surface area contributed by atoms with E-state index in [9.17, 15) is 0 Å². The Labute approximate surface area is 136 Å². The van der Waals surface area contributed by atoms with Crippen LogP contribution in [0.1, 0.15) is 12.0 Å². The maximum atomic E-state index is 4.73. The van der Waals surface area contributed by atoms with Crippen molar-refractivity contribution in [3.8, 4) is 11.3 Å². The molecule has 1 saturated heterocycles. The van der Waals surface area contributed by atoms with Crippen molar-refractivity contribution >= 4 is 11.3 Å². The number of nitrogens with zero attached hydrogens (tertiary/aromatic N) is 4. The molecule has 0 amide bonds. The second-order valence-corrected chi connectivity index (χ2v) is 6.07. The van der Waals surface area contributed by atoms with Crippen molar-refractivity contribution < 1.29 is 0 Å². The lowest BCUT2D eigenvalue weighted by Crippen LogP contribution is -2.29. The SMILES string of the molecule is Cc1ccc(-c2cc3c(N4CCCNCC4)nccn3n2)cc1. The molecule has 118 valence electrons. The Morgan fingerprint density at radius 2 is 1.96 bits per heavy atom. The van der Waals surface area contributed by atoms with Gasteiger partial charge in [0.1, 0.15) is 5.52 Å². The fourth-order valence-electron chi connectivity index (χ4n) is 3.07. The third kappa shape index (κ3) is 2.80. The first kappa shape index (κ1) is 14.2. The fraction of sp³-hybridized carbons (Fsp3) is 0.333. The topological polar surface area (TPSA) is 45.5 Å². The molecule has 23 heavy (non-hydrogen) atoms. The largest absolute Gasteiger partial charge is 0.354 e. The highest BCUT2D eigenvalue weighted by molar-refractivity contribution is 5.75. The van der Waals surface area contributed by atoms with Crippen molar-refractivity contribution in [1.82, 2.24) is 19.9 Å². The normalized spacial score (nSPS) is 15.8. The van der Waals surface area contributed by atoms with Gasteiger partial charge in [-0.25, -0.2) is 9.50 Å². The van der Waals surface area contributed by atoms with E-state index in [1.807, 2.05) is 16.9 Å². The van der Waals surface area contributed by atoms with Crippen LogP contribution in [0.5, 0.6) is 0 Å². The van der Waals surface area contributed by atoms with Crippen LogP contribution >= 0.6 is 0 Å². The standard InChI is InChI=1S/C18H21N5/c1-14-3-5-15(6-4-14)16-13-17-18(20-9-12-23(17)21-16)22-10-2-7-19-8-11-22/h3-6,9,12-13,19H,2,7-8,10-11H2,1H3. The van der Waals surface area contributed by atoms with Gasteiger partial charge >= 0.3 is 0 Å². The highest BCUT2D eigenvalue weighted by Gasteiger charge is 2.16. The minimum absolute atomic E-state index is 0.984. The summed E-state index contributed by atoms with van der Waals surface area (Å²) < 4.78 is 1.94. The number of nitrogens with one attached hydrogen (secondary N) is 1. The van der Waals surface area contributed by atoms with Crippen molar-refractivity contribution in [1.29, 1.82) is 0 Å². The van der Waals surface area contributed by atoms with Gasteiger partial charge in [0.2, 0.25) is 0 Å². The van der Waals surface area contributed by atoms with E-state index in [0.717, 1.165) is 55.2 Å². The molecule has 3 heterocycles. The lowest BCUT2D eigenvalue weighted by atomic mass is 10.1. The van der Waals surface area contributed by atoms with E-state index in [1.165, 1.54) is 5.56 Å². The molecule has 1 aliphatic rings. The molecule has 0 radical (unpaired) electrons. The number of hydrogen-bond donors (Lipinski definition) is 1. The highest BCUT2D eigenvalue weighted by atomic mass is 15.3. The van der Waals surface area contributed by atoms with Crippen LogP contribution in [0, 0.1) is 6.92 Å². The van der Waals surface area contributed by atoms with Crippen LogP contribution in [-0.2, 0) is 0 Å². The summed E-state index contributed by atoms with van der Waals surface area (Å²) in [6.45, 7) is 6.19. The number of rotatable bonds is 2. The van der Waals surface area contributed by atoms with Gasteiger partial charge in [-0.2, -0.15) is 5.10 Å². The molecule has 0 saturated carbocycles. The van der Waals surface area contributed by atoms with Gasteiger partial charge in [0.15, 0.2) is 5.82 Å². The smallest absolute Gasteiger partial charge is 0.154 e. The first-order valence-corrected chi connectivity index (χ1v) is 8.18. The summed E-state index contributed by atoms with van der Waals surface area (Å²) >= 11 is 0. The summed E-state index contributed by atoms with van der Waals surface area (Å²) in [6.07, 6.45) is 4.90. The number of benzene rings is 1. The van der Waals surface area contributed by atoms with Gasteiger partial charge in [0.25, 0.3) is 0 Å².